The van der Waals surface area contributed by atoms with Crippen LogP contribution in [0.4, 0.5) is 0 Å². The van der Waals surface area contributed by atoms with Crippen LogP contribution in [0.2, 0.25) is 0 Å². The molecule has 10 aliphatic carbocycles. The first-order valence-corrected chi connectivity index (χ1v) is 21.8. The molecule has 0 bridgehead atoms. The summed E-state index contributed by atoms with van der Waals surface area (Å²) in [5, 5.41) is 0. The van der Waals surface area contributed by atoms with E-state index in [-0.39, 0.29) is 11.2 Å². The number of allylic oxidation sites excluding steroid dienone is 6. The van der Waals surface area contributed by atoms with Crippen molar-refractivity contribution in [1.29, 1.82) is 0 Å². The second-order valence-corrected chi connectivity index (χ2v) is 19.7. The highest BCUT2D eigenvalue weighted by molar-refractivity contribution is 5.92. The molecule has 2 heterocycles. The predicted octanol–water partition coefficient (Wildman–Crippen LogP) is 9.59. The summed E-state index contributed by atoms with van der Waals surface area (Å²) in [5.74, 6) is 10.3. The van der Waals surface area contributed by atoms with E-state index < -0.39 is 0 Å². The van der Waals surface area contributed by atoms with Crippen molar-refractivity contribution in [3.8, 4) is 0 Å². The quantitative estimate of drug-likeness (QED) is 0.275. The molecule has 52 heavy (non-hydrogen) atoms. The topological polar surface area (TPSA) is 52.6 Å². The molecule has 0 aromatic carbocycles. The summed E-state index contributed by atoms with van der Waals surface area (Å²) in [6, 6.07) is 0. The van der Waals surface area contributed by atoms with E-state index in [2.05, 4.69) is 63.0 Å². The fraction of sp³-hybridized carbons (Fsp3) is 0.708. The van der Waals surface area contributed by atoms with Crippen LogP contribution in [0, 0.1) is 87.8 Å². The Labute approximate surface area is 311 Å². The molecule has 276 valence electrons. The fourth-order valence-corrected chi connectivity index (χ4v) is 17.1. The van der Waals surface area contributed by atoms with Crippen LogP contribution in [0.5, 0.6) is 0 Å². The third kappa shape index (κ3) is 4.03. The van der Waals surface area contributed by atoms with Gasteiger partial charge in [-0.3, -0.25) is 9.59 Å². The van der Waals surface area contributed by atoms with Gasteiger partial charge in [0.2, 0.25) is 0 Å². The highest BCUT2D eigenvalue weighted by Gasteiger charge is 2.79. The summed E-state index contributed by atoms with van der Waals surface area (Å²) >= 11 is 0. The predicted molar refractivity (Wildman–Crippen MR) is 203 cm³/mol. The van der Waals surface area contributed by atoms with Gasteiger partial charge in [0.05, 0.1) is 24.4 Å². The van der Waals surface area contributed by atoms with Crippen molar-refractivity contribution in [2.45, 2.75) is 109 Å². The van der Waals surface area contributed by atoms with Gasteiger partial charge in [-0.1, -0.05) is 62.0 Å². The Balaban J connectivity index is 0.000000124. The molecule has 0 N–H and O–H groups in total. The number of rotatable bonds is 3. The van der Waals surface area contributed by atoms with E-state index in [0.717, 1.165) is 98.6 Å². The van der Waals surface area contributed by atoms with Crippen molar-refractivity contribution in [3.63, 3.8) is 0 Å². The lowest BCUT2D eigenvalue weighted by Gasteiger charge is -2.60. The van der Waals surface area contributed by atoms with Gasteiger partial charge in [-0.05, 0) is 165 Å². The molecule has 0 amide bonds. The maximum absolute atomic E-state index is 12.1. The average Bonchev–Trinajstić information content (AvgIpc) is 3.96. The van der Waals surface area contributed by atoms with E-state index in [9.17, 15) is 9.59 Å². The molecule has 17 atom stereocenters. The Kier molecular flexibility index (Phi) is 7.23. The molecule has 7 fully saturated rings. The van der Waals surface area contributed by atoms with Crippen molar-refractivity contribution >= 4 is 11.6 Å². The molecular weight excluding hydrogens is 641 g/mol. The fourth-order valence-electron chi connectivity index (χ4n) is 17.1. The average molecular weight is 701 g/mol. The zero-order valence-electron chi connectivity index (χ0n) is 31.6. The molecule has 0 saturated heterocycles. The highest BCUT2D eigenvalue weighted by Crippen LogP contribution is 2.80. The van der Waals surface area contributed by atoms with Crippen LogP contribution in [0.25, 0.3) is 0 Å². The Morgan fingerprint density at radius 2 is 1.38 bits per heavy atom. The summed E-state index contributed by atoms with van der Waals surface area (Å²) < 4.78 is 13.1. The minimum Gasteiger partial charge on any atom is -0.366 e. The molecule has 4 nitrogen and oxygen atoms in total. The molecule has 12 rings (SSSR count). The Morgan fingerprint density at radius 3 is 2.02 bits per heavy atom. The van der Waals surface area contributed by atoms with Crippen LogP contribution in [0.1, 0.15) is 97.3 Å². The number of fused-ring (bicyclic) bond motifs is 18. The second-order valence-electron chi connectivity index (χ2n) is 19.7. The summed E-state index contributed by atoms with van der Waals surface area (Å²) in [5.41, 5.74) is 3.56. The summed E-state index contributed by atoms with van der Waals surface area (Å²) in [7, 11) is 0. The molecule has 7 saturated carbocycles. The first-order chi connectivity index (χ1) is 25.3. The number of hydrogen-bond donors (Lipinski definition) is 0. The molecule has 2 aliphatic heterocycles. The van der Waals surface area contributed by atoms with Gasteiger partial charge >= 0.3 is 0 Å². The monoisotopic (exact) mass is 700 g/mol. The third-order valence-corrected chi connectivity index (χ3v) is 18.8. The SMILES string of the molecule is C=CC1CC2=CC(=O)CC[C@@H]2C2CC[C@@]3(CC)C(C12)[C@@H]1C[C@@H]1[C@@]31C=CCO1.CC[C@]12CCC3C(C=CC4=CC(=O)CC[C@@H]43)C1[C@@H]1C[C@@H]1[C@@]21C=CCO1. The minimum atomic E-state index is 0.0341. The zero-order valence-corrected chi connectivity index (χ0v) is 31.6. The lowest BCUT2D eigenvalue weighted by Crippen LogP contribution is -2.57. The van der Waals surface area contributed by atoms with Crippen LogP contribution >= 0.6 is 0 Å². The van der Waals surface area contributed by atoms with E-state index in [1.54, 1.807) is 0 Å². The van der Waals surface area contributed by atoms with Crippen LogP contribution < -0.4 is 0 Å². The third-order valence-electron chi connectivity index (χ3n) is 18.8. The summed E-state index contributed by atoms with van der Waals surface area (Å²) in [4.78, 5) is 23.9. The number of carbonyl (C=O) groups is 2. The Bertz CT molecular complexity index is 1740. The van der Waals surface area contributed by atoms with Gasteiger partial charge in [-0.15, -0.1) is 6.58 Å². The van der Waals surface area contributed by atoms with Gasteiger partial charge in [0, 0.05) is 23.7 Å². The van der Waals surface area contributed by atoms with Crippen LogP contribution in [0.3, 0.4) is 0 Å². The molecular formula is C48H60O4. The lowest BCUT2D eigenvalue weighted by molar-refractivity contribution is -0.148. The van der Waals surface area contributed by atoms with Crippen LogP contribution in [-0.2, 0) is 19.1 Å². The van der Waals surface area contributed by atoms with E-state index >= 15 is 0 Å². The van der Waals surface area contributed by atoms with Gasteiger partial charge in [0.15, 0.2) is 11.6 Å². The van der Waals surface area contributed by atoms with Crippen molar-refractivity contribution in [3.05, 3.63) is 72.4 Å². The molecule has 12 aliphatic rings. The maximum Gasteiger partial charge on any atom is 0.155 e. The number of ether oxygens (including phenoxy) is 2. The summed E-state index contributed by atoms with van der Waals surface area (Å²) in [6.07, 6.45) is 35.8. The number of ketones is 2. The zero-order chi connectivity index (χ0) is 35.2. The number of hydrogen-bond acceptors (Lipinski definition) is 4. The first-order valence-electron chi connectivity index (χ1n) is 21.8. The van der Waals surface area contributed by atoms with Crippen LogP contribution in [-0.4, -0.2) is 36.0 Å². The van der Waals surface area contributed by atoms with Crippen LogP contribution in [0.15, 0.2) is 72.4 Å². The normalized spacial score (nSPS) is 54.8. The van der Waals surface area contributed by atoms with E-state index in [4.69, 9.17) is 9.47 Å². The van der Waals surface area contributed by atoms with Crippen molar-refractivity contribution in [1.82, 2.24) is 0 Å². The molecule has 0 radical (unpaired) electrons. The van der Waals surface area contributed by atoms with Crippen molar-refractivity contribution in [2.75, 3.05) is 13.2 Å². The van der Waals surface area contributed by atoms with Gasteiger partial charge < -0.3 is 9.47 Å². The smallest absolute Gasteiger partial charge is 0.155 e. The largest absolute Gasteiger partial charge is 0.366 e. The molecule has 7 unspecified atom stereocenters. The van der Waals surface area contributed by atoms with E-state index in [1.807, 2.05) is 12.2 Å². The lowest BCUT2D eigenvalue weighted by atomic mass is 9.46. The van der Waals surface area contributed by atoms with E-state index in [1.165, 1.54) is 62.5 Å². The first kappa shape index (κ1) is 33.1. The standard InChI is InChI=1S/C25H32O2.C23H28O2/c1-3-15-12-16-13-17(26)6-7-18(16)19-8-10-24(4-2)23(22(15)19)20-14-21(20)25(24)9-5-11-27-25;1-2-22-10-8-17-16-7-5-15(24)12-14(16)4-6-18(17)21(22)19-13-20(19)23(22)9-3-11-25-23/h3,5,9,13,15,18-23H,1,4,6-8,10-12,14H2,2H3;3-4,6,9,12,16-21H,2,5,7-8,10-11,13H2,1H3/t15?,18-,19?,20+,21-,22?,23?,24-,25-;16-,17?,18?,19+,20-,21?,22-,23-/m00/s1. The van der Waals surface area contributed by atoms with Gasteiger partial charge in [0.1, 0.15) is 0 Å². The van der Waals surface area contributed by atoms with Crippen molar-refractivity contribution < 1.29 is 19.1 Å². The van der Waals surface area contributed by atoms with Gasteiger partial charge in [-0.2, -0.15) is 0 Å². The maximum atomic E-state index is 12.1. The summed E-state index contributed by atoms with van der Waals surface area (Å²) in [6.45, 7) is 10.7. The molecule has 4 heteroatoms. The van der Waals surface area contributed by atoms with Crippen molar-refractivity contribution in [2.24, 2.45) is 87.8 Å². The minimum absolute atomic E-state index is 0.0341. The van der Waals surface area contributed by atoms with Gasteiger partial charge in [-0.25, -0.2) is 0 Å². The number of carbonyl (C=O) groups excluding carboxylic acids is 2. The van der Waals surface area contributed by atoms with Gasteiger partial charge in [0.25, 0.3) is 0 Å². The Morgan fingerprint density at radius 1 is 0.769 bits per heavy atom. The molecule has 0 aromatic rings. The molecule has 0 aromatic heterocycles. The van der Waals surface area contributed by atoms with E-state index in [0.29, 0.717) is 46.1 Å². The second kappa shape index (κ2) is 11.4. The molecule has 2 spiro atoms. The Hall–Kier alpha value is -2.30. The highest BCUT2D eigenvalue weighted by atomic mass is 16.5.